The molecule has 2 rings (SSSR count). The number of hydrogen-bond donors (Lipinski definition) is 0. The fourth-order valence-electron chi connectivity index (χ4n) is 1.44. The van der Waals surface area contributed by atoms with Crippen molar-refractivity contribution >= 4 is 16.8 Å². The van der Waals surface area contributed by atoms with E-state index in [1.165, 1.54) is 6.07 Å². The first-order chi connectivity index (χ1) is 8.16. The SMILES string of the molecule is CC(Oc1ccccc1)c1ccc(C(=O)Cl)o1. The molecule has 1 aromatic carbocycles. The van der Waals surface area contributed by atoms with Crippen molar-refractivity contribution < 1.29 is 13.9 Å². The molecule has 0 bridgehead atoms. The fourth-order valence-corrected chi connectivity index (χ4v) is 1.54. The molecule has 0 N–H and O–H groups in total. The van der Waals surface area contributed by atoms with Crippen LogP contribution in [0.4, 0.5) is 0 Å². The molecule has 1 unspecified atom stereocenters. The van der Waals surface area contributed by atoms with Gasteiger partial charge in [0.05, 0.1) is 0 Å². The second-order valence-electron chi connectivity index (χ2n) is 3.55. The maximum Gasteiger partial charge on any atom is 0.287 e. The predicted octanol–water partition coefficient (Wildman–Crippen LogP) is 3.80. The molecule has 0 aliphatic heterocycles. The molecule has 0 amide bonds. The first-order valence-corrected chi connectivity index (χ1v) is 5.56. The minimum Gasteiger partial charge on any atom is -0.483 e. The lowest BCUT2D eigenvalue weighted by molar-refractivity contribution is 0.104. The number of para-hydroxylation sites is 1. The quantitative estimate of drug-likeness (QED) is 0.775. The van der Waals surface area contributed by atoms with Crippen LogP contribution >= 0.6 is 11.6 Å². The summed E-state index contributed by atoms with van der Waals surface area (Å²) in [5, 5.41) is -0.608. The maximum atomic E-state index is 10.9. The minimum absolute atomic E-state index is 0.130. The van der Waals surface area contributed by atoms with E-state index in [0.717, 1.165) is 5.75 Å². The Bertz CT molecular complexity index is 504. The summed E-state index contributed by atoms with van der Waals surface area (Å²) < 4.78 is 10.9. The fraction of sp³-hybridized carbons (Fsp3) is 0.154. The average molecular weight is 251 g/mol. The Morgan fingerprint density at radius 1 is 1.24 bits per heavy atom. The highest BCUT2D eigenvalue weighted by Crippen LogP contribution is 2.23. The Kier molecular flexibility index (Phi) is 3.49. The molecule has 1 aromatic heterocycles. The van der Waals surface area contributed by atoms with E-state index in [-0.39, 0.29) is 11.9 Å². The van der Waals surface area contributed by atoms with Crippen LogP contribution in [-0.4, -0.2) is 5.24 Å². The molecule has 0 saturated heterocycles. The Labute approximate surface area is 104 Å². The van der Waals surface area contributed by atoms with Crippen LogP contribution in [0.5, 0.6) is 5.75 Å². The lowest BCUT2D eigenvalue weighted by Crippen LogP contribution is -2.01. The number of rotatable bonds is 4. The van der Waals surface area contributed by atoms with Crippen LogP contribution in [0.25, 0.3) is 0 Å². The summed E-state index contributed by atoms with van der Waals surface area (Å²) in [7, 11) is 0. The van der Waals surface area contributed by atoms with Gasteiger partial charge in [0, 0.05) is 0 Å². The number of benzene rings is 1. The van der Waals surface area contributed by atoms with Gasteiger partial charge in [-0.05, 0) is 42.8 Å². The van der Waals surface area contributed by atoms with Gasteiger partial charge >= 0.3 is 0 Å². The molecule has 0 fully saturated rings. The molecule has 0 radical (unpaired) electrons. The molecule has 17 heavy (non-hydrogen) atoms. The van der Waals surface area contributed by atoms with Gasteiger partial charge in [-0.25, -0.2) is 0 Å². The molecule has 0 aliphatic rings. The summed E-state index contributed by atoms with van der Waals surface area (Å²) in [5.41, 5.74) is 0. The summed E-state index contributed by atoms with van der Waals surface area (Å²) in [5.74, 6) is 1.44. The maximum absolute atomic E-state index is 10.9. The highest BCUT2D eigenvalue weighted by molar-refractivity contribution is 6.67. The van der Waals surface area contributed by atoms with Crippen LogP contribution in [0, 0.1) is 0 Å². The molecule has 88 valence electrons. The monoisotopic (exact) mass is 250 g/mol. The van der Waals surface area contributed by atoms with Crippen molar-refractivity contribution in [2.24, 2.45) is 0 Å². The van der Waals surface area contributed by atoms with Crippen LogP contribution in [0.1, 0.15) is 29.3 Å². The zero-order valence-electron chi connectivity index (χ0n) is 9.22. The number of ether oxygens (including phenoxy) is 1. The standard InChI is InChI=1S/C13H11ClO3/c1-9(16-10-5-3-2-4-6-10)11-7-8-12(17-11)13(14)15/h2-9H,1H3. The van der Waals surface area contributed by atoms with Crippen LogP contribution in [0.2, 0.25) is 0 Å². The first kappa shape index (κ1) is 11.7. The van der Waals surface area contributed by atoms with E-state index >= 15 is 0 Å². The molecule has 0 spiro atoms. The number of carbonyl (C=O) groups excluding carboxylic acids is 1. The number of carbonyl (C=O) groups is 1. The smallest absolute Gasteiger partial charge is 0.287 e. The van der Waals surface area contributed by atoms with Gasteiger partial charge in [-0.3, -0.25) is 4.79 Å². The Hall–Kier alpha value is -1.74. The van der Waals surface area contributed by atoms with Gasteiger partial charge in [0.1, 0.15) is 11.5 Å². The number of furan rings is 1. The molecule has 4 heteroatoms. The molecular formula is C13H11ClO3. The lowest BCUT2D eigenvalue weighted by Gasteiger charge is -2.11. The van der Waals surface area contributed by atoms with Crippen LogP contribution in [0.15, 0.2) is 46.9 Å². The van der Waals surface area contributed by atoms with Crippen molar-refractivity contribution in [1.82, 2.24) is 0 Å². The molecule has 0 aliphatic carbocycles. The van der Waals surface area contributed by atoms with Gasteiger partial charge in [-0.15, -0.1) is 0 Å². The Morgan fingerprint density at radius 3 is 2.53 bits per heavy atom. The zero-order chi connectivity index (χ0) is 12.3. The van der Waals surface area contributed by atoms with Gasteiger partial charge in [-0.2, -0.15) is 0 Å². The van der Waals surface area contributed by atoms with E-state index in [0.29, 0.717) is 5.76 Å². The van der Waals surface area contributed by atoms with Crippen molar-refractivity contribution in [2.75, 3.05) is 0 Å². The second kappa shape index (κ2) is 5.06. The molecule has 0 saturated carbocycles. The normalized spacial score (nSPS) is 12.1. The first-order valence-electron chi connectivity index (χ1n) is 5.18. The summed E-state index contributed by atoms with van der Waals surface area (Å²) in [4.78, 5) is 10.9. The third kappa shape index (κ3) is 2.88. The molecule has 2 aromatic rings. The van der Waals surface area contributed by atoms with Gasteiger partial charge in [-0.1, -0.05) is 18.2 Å². The summed E-state index contributed by atoms with van der Waals surface area (Å²) in [6.45, 7) is 1.84. The summed E-state index contributed by atoms with van der Waals surface area (Å²) >= 11 is 5.31. The highest BCUT2D eigenvalue weighted by Gasteiger charge is 2.14. The zero-order valence-corrected chi connectivity index (χ0v) is 9.98. The van der Waals surface area contributed by atoms with Crippen molar-refractivity contribution in [2.45, 2.75) is 13.0 Å². The molecule has 1 atom stereocenters. The Morgan fingerprint density at radius 2 is 1.94 bits per heavy atom. The average Bonchev–Trinajstić information content (AvgIpc) is 2.79. The topological polar surface area (TPSA) is 39.4 Å². The third-order valence-electron chi connectivity index (χ3n) is 2.28. The minimum atomic E-state index is -0.608. The summed E-state index contributed by atoms with van der Waals surface area (Å²) in [6.07, 6.45) is -0.276. The van der Waals surface area contributed by atoms with Gasteiger partial charge in [0.15, 0.2) is 11.9 Å². The lowest BCUT2D eigenvalue weighted by atomic mass is 10.3. The highest BCUT2D eigenvalue weighted by atomic mass is 35.5. The van der Waals surface area contributed by atoms with Gasteiger partial charge < -0.3 is 9.15 Å². The predicted molar refractivity (Wildman–Crippen MR) is 64.4 cm³/mol. The molecule has 1 heterocycles. The number of halogens is 1. The van der Waals surface area contributed by atoms with Crippen LogP contribution in [0.3, 0.4) is 0 Å². The van der Waals surface area contributed by atoms with Gasteiger partial charge in [0.2, 0.25) is 0 Å². The van der Waals surface area contributed by atoms with Crippen molar-refractivity contribution in [3.05, 3.63) is 54.0 Å². The molecule has 3 nitrogen and oxygen atoms in total. The van der Waals surface area contributed by atoms with Crippen LogP contribution < -0.4 is 4.74 Å². The third-order valence-corrected chi connectivity index (χ3v) is 2.46. The largest absolute Gasteiger partial charge is 0.483 e. The van der Waals surface area contributed by atoms with E-state index in [1.54, 1.807) is 6.07 Å². The van der Waals surface area contributed by atoms with Crippen LogP contribution in [-0.2, 0) is 0 Å². The Balaban J connectivity index is 2.09. The van der Waals surface area contributed by atoms with E-state index in [9.17, 15) is 4.79 Å². The van der Waals surface area contributed by atoms with Gasteiger partial charge in [0.25, 0.3) is 5.24 Å². The van der Waals surface area contributed by atoms with E-state index in [4.69, 9.17) is 20.8 Å². The number of hydrogen-bond acceptors (Lipinski definition) is 3. The van der Waals surface area contributed by atoms with E-state index < -0.39 is 5.24 Å². The summed E-state index contributed by atoms with van der Waals surface area (Å²) in [6, 6.07) is 12.6. The molecular weight excluding hydrogens is 240 g/mol. The second-order valence-corrected chi connectivity index (χ2v) is 3.89. The van der Waals surface area contributed by atoms with Crippen molar-refractivity contribution in [1.29, 1.82) is 0 Å². The van der Waals surface area contributed by atoms with E-state index in [1.807, 2.05) is 37.3 Å². The van der Waals surface area contributed by atoms with E-state index in [2.05, 4.69) is 0 Å². The van der Waals surface area contributed by atoms with Crippen molar-refractivity contribution in [3.8, 4) is 5.75 Å². The van der Waals surface area contributed by atoms with Crippen molar-refractivity contribution in [3.63, 3.8) is 0 Å².